The molecule has 1 N–H and O–H groups in total. The summed E-state index contributed by atoms with van der Waals surface area (Å²) in [4.78, 5) is 14.7. The molecule has 1 aromatic heterocycles. The lowest BCUT2D eigenvalue weighted by Crippen LogP contribution is -2.42. The number of anilines is 1. The number of urea groups is 1. The fourth-order valence-electron chi connectivity index (χ4n) is 3.54. The van der Waals surface area contributed by atoms with Crippen molar-refractivity contribution < 1.29 is 13.2 Å². The van der Waals surface area contributed by atoms with E-state index >= 15 is 0 Å². The predicted octanol–water partition coefficient (Wildman–Crippen LogP) is 2.43. The van der Waals surface area contributed by atoms with Gasteiger partial charge >= 0.3 is 6.03 Å². The van der Waals surface area contributed by atoms with Crippen molar-refractivity contribution in [3.8, 4) is 0 Å². The number of carbonyl (C=O) groups is 1. The third-order valence-corrected chi connectivity index (χ3v) is 6.28. The predicted molar refractivity (Wildman–Crippen MR) is 100 cm³/mol. The molecule has 27 heavy (non-hydrogen) atoms. The van der Waals surface area contributed by atoms with E-state index in [1.54, 1.807) is 23.4 Å². The second-order valence-corrected chi connectivity index (χ2v) is 9.36. The van der Waals surface area contributed by atoms with Crippen LogP contribution in [0.5, 0.6) is 0 Å². The molecule has 2 aliphatic rings. The van der Waals surface area contributed by atoms with Crippen molar-refractivity contribution in [3.63, 3.8) is 0 Å². The Morgan fingerprint density at radius 1 is 1.19 bits per heavy atom. The second kappa shape index (κ2) is 6.95. The van der Waals surface area contributed by atoms with E-state index in [1.165, 1.54) is 25.0 Å². The number of amides is 2. The minimum atomic E-state index is -3.25. The number of hydrogen-bond acceptors (Lipinski definition) is 5. The van der Waals surface area contributed by atoms with E-state index in [-0.39, 0.29) is 16.8 Å². The summed E-state index contributed by atoms with van der Waals surface area (Å²) in [5, 5.41) is 11.2. The second-order valence-electron chi connectivity index (χ2n) is 7.34. The third-order valence-electron chi connectivity index (χ3n) is 5.15. The van der Waals surface area contributed by atoms with Gasteiger partial charge in [0, 0.05) is 37.0 Å². The first-order valence-electron chi connectivity index (χ1n) is 9.17. The van der Waals surface area contributed by atoms with Gasteiger partial charge in [0.2, 0.25) is 0 Å². The maximum Gasteiger partial charge on any atom is 0.321 e. The van der Waals surface area contributed by atoms with Crippen LogP contribution in [0.15, 0.2) is 35.5 Å². The summed E-state index contributed by atoms with van der Waals surface area (Å²) in [6.45, 7) is 1.31. The molecule has 0 unspecified atom stereocenters. The normalized spacial score (nSPS) is 20.5. The molecular weight excluding hydrogens is 366 g/mol. The summed E-state index contributed by atoms with van der Waals surface area (Å²) < 4.78 is 25.2. The van der Waals surface area contributed by atoms with E-state index in [0.29, 0.717) is 24.8 Å². The van der Waals surface area contributed by atoms with Crippen LogP contribution in [0.2, 0.25) is 0 Å². The highest BCUT2D eigenvalue weighted by molar-refractivity contribution is 7.90. The van der Waals surface area contributed by atoms with Gasteiger partial charge in [-0.1, -0.05) is 0 Å². The Morgan fingerprint density at radius 3 is 2.59 bits per heavy atom. The first-order valence-corrected chi connectivity index (χ1v) is 11.1. The number of nitrogens with zero attached hydrogens (tertiary/aromatic N) is 4. The Kier molecular flexibility index (Phi) is 4.63. The van der Waals surface area contributed by atoms with Crippen molar-refractivity contribution in [1.82, 2.24) is 19.7 Å². The monoisotopic (exact) mass is 389 g/mol. The highest BCUT2D eigenvalue weighted by Gasteiger charge is 2.32. The van der Waals surface area contributed by atoms with Crippen molar-refractivity contribution >= 4 is 21.6 Å². The van der Waals surface area contributed by atoms with Crippen LogP contribution in [0.3, 0.4) is 0 Å². The molecule has 8 nitrogen and oxygen atoms in total. The zero-order chi connectivity index (χ0) is 19.0. The molecule has 0 bridgehead atoms. The third kappa shape index (κ3) is 3.97. The minimum absolute atomic E-state index is 0.177. The quantitative estimate of drug-likeness (QED) is 0.866. The van der Waals surface area contributed by atoms with Crippen LogP contribution >= 0.6 is 0 Å². The average Bonchev–Trinajstić information content (AvgIpc) is 3.38. The summed E-state index contributed by atoms with van der Waals surface area (Å²) in [6.07, 6.45) is 7.22. The molecule has 0 radical (unpaired) electrons. The SMILES string of the molecule is CS(=O)(=O)c1ccc(NC(=O)N2CCC[C@@H](c3nncn3C3CC3)C2)cc1. The van der Waals surface area contributed by atoms with Gasteiger partial charge in [-0.25, -0.2) is 13.2 Å². The Labute approximate surface area is 158 Å². The van der Waals surface area contributed by atoms with Gasteiger partial charge in [0.15, 0.2) is 9.84 Å². The first-order chi connectivity index (χ1) is 12.9. The summed E-state index contributed by atoms with van der Waals surface area (Å²) in [5.74, 6) is 1.17. The van der Waals surface area contributed by atoms with E-state index in [4.69, 9.17) is 0 Å². The van der Waals surface area contributed by atoms with Crippen molar-refractivity contribution in [2.75, 3.05) is 24.7 Å². The summed E-state index contributed by atoms with van der Waals surface area (Å²) >= 11 is 0. The highest BCUT2D eigenvalue weighted by atomic mass is 32.2. The molecule has 4 rings (SSSR count). The maximum atomic E-state index is 12.6. The molecule has 1 aliphatic carbocycles. The molecule has 1 atom stereocenters. The molecule has 9 heteroatoms. The Morgan fingerprint density at radius 2 is 1.93 bits per heavy atom. The largest absolute Gasteiger partial charge is 0.324 e. The van der Waals surface area contributed by atoms with Crippen molar-refractivity contribution in [2.24, 2.45) is 0 Å². The molecule has 2 fully saturated rings. The Hall–Kier alpha value is -2.42. The van der Waals surface area contributed by atoms with Gasteiger partial charge in [0.25, 0.3) is 0 Å². The topological polar surface area (TPSA) is 97.2 Å². The summed E-state index contributed by atoms with van der Waals surface area (Å²) in [7, 11) is -3.25. The maximum absolute atomic E-state index is 12.6. The molecule has 2 amide bonds. The average molecular weight is 389 g/mol. The number of rotatable bonds is 4. The van der Waals surface area contributed by atoms with E-state index in [2.05, 4.69) is 20.1 Å². The molecule has 1 saturated heterocycles. The van der Waals surface area contributed by atoms with Gasteiger partial charge in [0.05, 0.1) is 4.90 Å². The van der Waals surface area contributed by atoms with E-state index in [9.17, 15) is 13.2 Å². The molecular formula is C18H23N5O3S. The minimum Gasteiger partial charge on any atom is -0.324 e. The van der Waals surface area contributed by atoms with Gasteiger partial charge in [-0.15, -0.1) is 10.2 Å². The molecule has 0 spiro atoms. The number of nitrogens with one attached hydrogen (secondary N) is 1. The fourth-order valence-corrected chi connectivity index (χ4v) is 4.17. The molecule has 2 aromatic rings. The van der Waals surface area contributed by atoms with Crippen LogP contribution in [0.25, 0.3) is 0 Å². The molecule has 2 heterocycles. The number of aromatic nitrogens is 3. The zero-order valence-corrected chi connectivity index (χ0v) is 16.0. The van der Waals surface area contributed by atoms with E-state index in [1.807, 2.05) is 0 Å². The van der Waals surface area contributed by atoms with E-state index in [0.717, 1.165) is 24.9 Å². The molecule has 1 saturated carbocycles. The van der Waals surface area contributed by atoms with Crippen LogP contribution < -0.4 is 5.32 Å². The van der Waals surface area contributed by atoms with Crippen LogP contribution in [0.1, 0.15) is 43.5 Å². The first kappa shape index (κ1) is 18.0. The van der Waals surface area contributed by atoms with E-state index < -0.39 is 9.84 Å². The number of carbonyl (C=O) groups excluding carboxylic acids is 1. The van der Waals surface area contributed by atoms with Crippen molar-refractivity contribution in [2.45, 2.75) is 42.5 Å². The van der Waals surface area contributed by atoms with Gasteiger partial charge in [-0.3, -0.25) is 0 Å². The zero-order valence-electron chi connectivity index (χ0n) is 15.2. The Balaban J connectivity index is 1.42. The standard InChI is InChI=1S/C18H23N5O3S/c1-27(25,26)16-8-4-14(5-9-16)20-18(24)22-10-2-3-13(11-22)17-21-19-12-23(17)15-6-7-15/h4-5,8-9,12-13,15H,2-3,6-7,10-11H2,1H3,(H,20,24)/t13-/m1/s1. The number of sulfone groups is 1. The fraction of sp³-hybridized carbons (Fsp3) is 0.500. The van der Waals surface area contributed by atoms with Crippen LogP contribution in [-0.4, -0.2) is 53.5 Å². The lowest BCUT2D eigenvalue weighted by molar-refractivity contribution is 0.190. The molecule has 144 valence electrons. The lowest BCUT2D eigenvalue weighted by Gasteiger charge is -2.32. The van der Waals surface area contributed by atoms with Crippen molar-refractivity contribution in [1.29, 1.82) is 0 Å². The number of benzene rings is 1. The van der Waals surface area contributed by atoms with Crippen LogP contribution in [0, 0.1) is 0 Å². The Bertz CT molecular complexity index is 934. The van der Waals surface area contributed by atoms with Crippen molar-refractivity contribution in [3.05, 3.63) is 36.4 Å². The van der Waals surface area contributed by atoms with Gasteiger partial charge in [-0.05, 0) is 49.9 Å². The highest BCUT2D eigenvalue weighted by Crippen LogP contribution is 2.38. The number of piperidine rings is 1. The van der Waals surface area contributed by atoms with Gasteiger partial charge in [0.1, 0.15) is 12.2 Å². The molecule has 1 aromatic carbocycles. The van der Waals surface area contributed by atoms with Gasteiger partial charge in [-0.2, -0.15) is 0 Å². The van der Waals surface area contributed by atoms with Crippen LogP contribution in [0.4, 0.5) is 10.5 Å². The van der Waals surface area contributed by atoms with Crippen LogP contribution in [-0.2, 0) is 9.84 Å². The summed E-state index contributed by atoms with van der Waals surface area (Å²) in [6, 6.07) is 6.57. The lowest BCUT2D eigenvalue weighted by atomic mass is 9.97. The molecule has 1 aliphatic heterocycles. The smallest absolute Gasteiger partial charge is 0.321 e. The number of likely N-dealkylation sites (tertiary alicyclic amines) is 1. The summed E-state index contributed by atoms with van der Waals surface area (Å²) in [5.41, 5.74) is 0.579. The number of hydrogen-bond donors (Lipinski definition) is 1. The van der Waals surface area contributed by atoms with Gasteiger partial charge < -0.3 is 14.8 Å².